The Morgan fingerprint density at radius 2 is 1.92 bits per heavy atom. The van der Waals surface area contributed by atoms with Gasteiger partial charge in [0.15, 0.2) is 5.78 Å². The quantitative estimate of drug-likeness (QED) is 0.593. The maximum absolute atomic E-state index is 12.7. The molecule has 1 aromatic rings. The molecule has 1 aliphatic heterocycles. The molecule has 7 nitrogen and oxygen atoms in total. The number of nitrogens with one attached hydrogen (secondary N) is 1. The molecule has 0 aromatic carbocycles. The van der Waals surface area contributed by atoms with Gasteiger partial charge >= 0.3 is 5.97 Å². The summed E-state index contributed by atoms with van der Waals surface area (Å²) in [6, 6.07) is -0.857. The lowest BCUT2D eigenvalue weighted by Crippen LogP contribution is -2.40. The molecule has 1 N–H and O–H groups in total. The van der Waals surface area contributed by atoms with Crippen molar-refractivity contribution in [1.82, 2.24) is 15.3 Å². The molecular weight excluding hydrogens is 322 g/mol. The highest BCUT2D eigenvalue weighted by atomic mass is 16.5. The zero-order valence-corrected chi connectivity index (χ0v) is 14.4. The number of esters is 1. The number of Topliss-reactive ketones (excluding diaryl/α,β-unsaturated/α-hetero) is 1. The standard InChI is InChI=1S/C18H23N3O4/c1-24-18(23)13-7-6-12(20-13)16(22)14-8-19-15(11-4-5-11)17(21-14)25-9-10-2-3-10/h8,10-13,20H,2-7,9H2,1H3. The molecule has 3 fully saturated rings. The lowest BCUT2D eigenvalue weighted by atomic mass is 10.1. The molecule has 25 heavy (non-hydrogen) atoms. The number of methoxy groups -OCH3 is 1. The van der Waals surface area contributed by atoms with Gasteiger partial charge in [0.1, 0.15) is 17.4 Å². The third-order valence-corrected chi connectivity index (χ3v) is 5.08. The third kappa shape index (κ3) is 3.66. The average Bonchev–Trinajstić information content (AvgIpc) is 3.57. The van der Waals surface area contributed by atoms with Crippen LogP contribution < -0.4 is 10.1 Å². The van der Waals surface area contributed by atoms with E-state index in [1.54, 1.807) is 6.20 Å². The van der Waals surface area contributed by atoms with Gasteiger partial charge in [-0.05, 0) is 44.4 Å². The second-order valence-corrected chi connectivity index (χ2v) is 7.21. The predicted octanol–water partition coefficient (Wildman–Crippen LogP) is 1.62. The Bertz CT molecular complexity index is 685. The van der Waals surface area contributed by atoms with E-state index in [1.807, 2.05) is 0 Å². The second kappa shape index (κ2) is 6.71. The summed E-state index contributed by atoms with van der Waals surface area (Å²) in [4.78, 5) is 33.3. The molecule has 1 saturated heterocycles. The van der Waals surface area contributed by atoms with E-state index < -0.39 is 12.1 Å². The third-order valence-electron chi connectivity index (χ3n) is 5.08. The summed E-state index contributed by atoms with van der Waals surface area (Å²) < 4.78 is 10.6. The minimum Gasteiger partial charge on any atom is -0.476 e. The molecule has 3 aliphatic rings. The highest BCUT2D eigenvalue weighted by Gasteiger charge is 2.36. The number of carbonyl (C=O) groups is 2. The summed E-state index contributed by atoms with van der Waals surface area (Å²) in [5, 5.41) is 3.04. The number of ether oxygens (including phenoxy) is 2. The largest absolute Gasteiger partial charge is 0.476 e. The summed E-state index contributed by atoms with van der Waals surface area (Å²) in [6.45, 7) is 0.651. The molecule has 0 spiro atoms. The van der Waals surface area contributed by atoms with Crippen molar-refractivity contribution < 1.29 is 19.1 Å². The highest BCUT2D eigenvalue weighted by molar-refractivity contribution is 5.99. The van der Waals surface area contributed by atoms with Crippen molar-refractivity contribution in [3.8, 4) is 5.88 Å². The number of nitrogens with zero attached hydrogens (tertiary/aromatic N) is 2. The van der Waals surface area contributed by atoms with Gasteiger partial charge < -0.3 is 9.47 Å². The Morgan fingerprint density at radius 1 is 1.16 bits per heavy atom. The van der Waals surface area contributed by atoms with Gasteiger partial charge in [0, 0.05) is 5.92 Å². The SMILES string of the molecule is COC(=O)C1CCC(C(=O)c2cnc(C3CC3)c(OCC3CC3)n2)N1. The predicted molar refractivity (Wildman–Crippen MR) is 88.5 cm³/mol. The summed E-state index contributed by atoms with van der Waals surface area (Å²) in [5.41, 5.74) is 1.18. The Morgan fingerprint density at radius 3 is 2.60 bits per heavy atom. The van der Waals surface area contributed by atoms with Gasteiger partial charge in [-0.25, -0.2) is 4.98 Å². The Labute approximate surface area is 146 Å². The van der Waals surface area contributed by atoms with Crippen LogP contribution in [-0.4, -0.2) is 47.5 Å². The van der Waals surface area contributed by atoms with Gasteiger partial charge in [-0.1, -0.05) is 0 Å². The second-order valence-electron chi connectivity index (χ2n) is 7.21. The van der Waals surface area contributed by atoms with Crippen molar-refractivity contribution in [2.24, 2.45) is 5.92 Å². The first-order chi connectivity index (χ1) is 12.2. The average molecular weight is 345 g/mol. The van der Waals surface area contributed by atoms with Gasteiger partial charge in [0.05, 0.1) is 26.0 Å². The van der Waals surface area contributed by atoms with E-state index in [4.69, 9.17) is 9.47 Å². The molecule has 7 heteroatoms. The van der Waals surface area contributed by atoms with E-state index in [0.717, 1.165) is 18.5 Å². The normalized spacial score (nSPS) is 25.6. The molecule has 0 amide bonds. The molecule has 0 bridgehead atoms. The lowest BCUT2D eigenvalue weighted by Gasteiger charge is -2.13. The van der Waals surface area contributed by atoms with Crippen molar-refractivity contribution in [3.05, 3.63) is 17.6 Å². The maximum atomic E-state index is 12.7. The van der Waals surface area contributed by atoms with Crippen LogP contribution in [0.5, 0.6) is 5.88 Å². The van der Waals surface area contributed by atoms with E-state index in [9.17, 15) is 9.59 Å². The number of hydrogen-bond acceptors (Lipinski definition) is 7. The van der Waals surface area contributed by atoms with E-state index >= 15 is 0 Å². The summed E-state index contributed by atoms with van der Waals surface area (Å²) in [6.07, 6.45) is 7.33. The minimum absolute atomic E-state index is 0.141. The lowest BCUT2D eigenvalue weighted by molar-refractivity contribution is -0.142. The fraction of sp³-hybridized carbons (Fsp3) is 0.667. The number of aromatic nitrogens is 2. The van der Waals surface area contributed by atoms with E-state index in [0.29, 0.717) is 42.9 Å². The molecule has 2 atom stereocenters. The molecule has 4 rings (SSSR count). The van der Waals surface area contributed by atoms with Crippen LogP contribution in [0.2, 0.25) is 0 Å². The Balaban J connectivity index is 1.48. The van der Waals surface area contributed by atoms with Crippen molar-refractivity contribution in [2.75, 3.05) is 13.7 Å². The highest BCUT2D eigenvalue weighted by Crippen LogP contribution is 2.43. The first kappa shape index (κ1) is 16.4. The van der Waals surface area contributed by atoms with Crippen LogP contribution in [0.3, 0.4) is 0 Å². The van der Waals surface area contributed by atoms with E-state index in [-0.39, 0.29) is 11.8 Å². The maximum Gasteiger partial charge on any atom is 0.322 e. The summed E-state index contributed by atoms with van der Waals surface area (Å²) in [5.74, 6) is 1.07. The van der Waals surface area contributed by atoms with Gasteiger partial charge in [-0.3, -0.25) is 19.9 Å². The van der Waals surface area contributed by atoms with Crippen LogP contribution in [0.15, 0.2) is 6.20 Å². The fourth-order valence-corrected chi connectivity index (χ4v) is 3.18. The molecule has 2 heterocycles. The number of carbonyl (C=O) groups excluding carboxylic acids is 2. The van der Waals surface area contributed by atoms with E-state index in [2.05, 4.69) is 15.3 Å². The van der Waals surface area contributed by atoms with Crippen LogP contribution >= 0.6 is 0 Å². The van der Waals surface area contributed by atoms with Crippen molar-refractivity contribution in [2.45, 2.75) is 56.5 Å². The smallest absolute Gasteiger partial charge is 0.322 e. The van der Waals surface area contributed by atoms with Crippen LogP contribution in [0, 0.1) is 5.92 Å². The monoisotopic (exact) mass is 345 g/mol. The number of hydrogen-bond donors (Lipinski definition) is 1. The number of rotatable bonds is 7. The first-order valence-corrected chi connectivity index (χ1v) is 9.03. The Kier molecular flexibility index (Phi) is 4.41. The van der Waals surface area contributed by atoms with Crippen LogP contribution in [0.1, 0.15) is 60.6 Å². The topological polar surface area (TPSA) is 90.4 Å². The number of ketones is 1. The van der Waals surface area contributed by atoms with E-state index in [1.165, 1.54) is 20.0 Å². The molecule has 0 radical (unpaired) electrons. The molecule has 2 unspecified atom stereocenters. The molecule has 134 valence electrons. The molecule has 2 aliphatic carbocycles. The first-order valence-electron chi connectivity index (χ1n) is 9.03. The van der Waals surface area contributed by atoms with Crippen LogP contribution in [0.25, 0.3) is 0 Å². The Hall–Kier alpha value is -2.02. The molecular formula is C18H23N3O4. The zero-order valence-electron chi connectivity index (χ0n) is 14.4. The van der Waals surface area contributed by atoms with Crippen LogP contribution in [0.4, 0.5) is 0 Å². The fourth-order valence-electron chi connectivity index (χ4n) is 3.18. The van der Waals surface area contributed by atoms with Gasteiger partial charge in [0.2, 0.25) is 5.88 Å². The summed E-state index contributed by atoms with van der Waals surface area (Å²) >= 11 is 0. The summed E-state index contributed by atoms with van der Waals surface area (Å²) in [7, 11) is 1.35. The van der Waals surface area contributed by atoms with Crippen LogP contribution in [-0.2, 0) is 9.53 Å². The van der Waals surface area contributed by atoms with Crippen molar-refractivity contribution in [3.63, 3.8) is 0 Å². The van der Waals surface area contributed by atoms with Gasteiger partial charge in [-0.2, -0.15) is 0 Å². The van der Waals surface area contributed by atoms with Crippen molar-refractivity contribution in [1.29, 1.82) is 0 Å². The molecule has 1 aromatic heterocycles. The van der Waals surface area contributed by atoms with Gasteiger partial charge in [-0.15, -0.1) is 0 Å². The molecule has 2 saturated carbocycles. The zero-order chi connectivity index (χ0) is 17.4. The van der Waals surface area contributed by atoms with Gasteiger partial charge in [0.25, 0.3) is 0 Å². The minimum atomic E-state index is -0.429. The van der Waals surface area contributed by atoms with Crippen molar-refractivity contribution >= 4 is 11.8 Å².